The molecule has 0 amide bonds. The molecule has 9 heteroatoms. The van der Waals surface area contributed by atoms with Crippen molar-refractivity contribution in [3.05, 3.63) is 0 Å². The van der Waals surface area contributed by atoms with Crippen LogP contribution in [0.5, 0.6) is 0 Å². The summed E-state index contributed by atoms with van der Waals surface area (Å²) in [5.41, 5.74) is 0. The van der Waals surface area contributed by atoms with Crippen LogP contribution < -0.4 is 68.8 Å². The van der Waals surface area contributed by atoms with Gasteiger partial charge in [0.1, 0.15) is 0 Å². The molecule has 0 spiro atoms. The number of hydrogen-bond donors (Lipinski definition) is 0. The van der Waals surface area contributed by atoms with Crippen molar-refractivity contribution in [1.29, 1.82) is 0 Å². The Hall–Kier alpha value is 1.71. The molecule has 0 aliphatic rings. The number of carboxylic acid groups (broad SMARTS) is 4. The standard InChI is InChI=1S/2CH2O3.Ba.Li.Na/c2*2-1(3)4;;;/h2*(H2,2,3,4);;;/q;;+2;2*+1/p-4. The summed E-state index contributed by atoms with van der Waals surface area (Å²) in [6, 6.07) is 0. The van der Waals surface area contributed by atoms with Gasteiger partial charge in [-0.2, -0.15) is 0 Å². The SMILES string of the molecule is O=C([O-])[O-].O=C([O-])[O-].[Ba+2].[Li+].[Na+]. The molecule has 0 unspecified atom stereocenters. The monoisotopic (exact) mass is 288 g/mol. The smallest absolute Gasteiger partial charge is 0.652 e. The minimum atomic E-state index is -2.33. The molecule has 0 aromatic carbocycles. The van der Waals surface area contributed by atoms with Crippen molar-refractivity contribution in [2.45, 2.75) is 0 Å². The summed E-state index contributed by atoms with van der Waals surface area (Å²) in [6.45, 7) is 0. The molecule has 0 rings (SSSR count). The van der Waals surface area contributed by atoms with E-state index in [2.05, 4.69) is 0 Å². The van der Waals surface area contributed by atoms with Crippen molar-refractivity contribution in [3.63, 3.8) is 0 Å². The first-order chi connectivity index (χ1) is 3.46. The van der Waals surface area contributed by atoms with Crippen LogP contribution in [-0.4, -0.2) is 61.2 Å². The maximum Gasteiger partial charge on any atom is 2.00 e. The molecule has 0 bridgehead atoms. The van der Waals surface area contributed by atoms with Crippen LogP contribution in [-0.2, 0) is 0 Å². The molecular formula is C2BaLiNaO6. The molecule has 0 N–H and O–H groups in total. The molecule has 0 heterocycles. The van der Waals surface area contributed by atoms with Crippen LogP contribution in [0.25, 0.3) is 0 Å². The maximum atomic E-state index is 8.33. The van der Waals surface area contributed by atoms with E-state index in [9.17, 15) is 0 Å². The van der Waals surface area contributed by atoms with Gasteiger partial charge in [0.05, 0.1) is 0 Å². The normalized spacial score (nSPS) is 4.36. The average molecular weight is 287 g/mol. The van der Waals surface area contributed by atoms with Crippen LogP contribution in [0, 0.1) is 0 Å². The van der Waals surface area contributed by atoms with E-state index in [1.54, 1.807) is 0 Å². The Labute approximate surface area is 137 Å². The quantitative estimate of drug-likeness (QED) is 0.407. The Balaban J connectivity index is -0.0000000171. The van der Waals surface area contributed by atoms with Crippen LogP contribution in [0.4, 0.5) is 9.59 Å². The van der Waals surface area contributed by atoms with Crippen molar-refractivity contribution < 1.29 is 78.4 Å². The molecule has 0 aliphatic heterocycles. The second-order valence-corrected chi connectivity index (χ2v) is 0.500. The van der Waals surface area contributed by atoms with E-state index in [4.69, 9.17) is 30.0 Å². The van der Waals surface area contributed by atoms with Crippen LogP contribution in [0.15, 0.2) is 0 Å². The third kappa shape index (κ3) is 378. The minimum Gasteiger partial charge on any atom is -0.652 e. The van der Waals surface area contributed by atoms with Gasteiger partial charge in [0.2, 0.25) is 0 Å². The number of rotatable bonds is 0. The Morgan fingerprint density at radius 2 is 0.818 bits per heavy atom. The first-order valence-corrected chi connectivity index (χ1v) is 1.22. The molecule has 11 heavy (non-hydrogen) atoms. The minimum absolute atomic E-state index is 0. The molecule has 0 atom stereocenters. The van der Waals surface area contributed by atoms with Crippen LogP contribution in [0.3, 0.4) is 0 Å². The van der Waals surface area contributed by atoms with E-state index >= 15 is 0 Å². The van der Waals surface area contributed by atoms with Gasteiger partial charge in [-0.05, 0) is 12.3 Å². The molecule has 0 saturated carbocycles. The van der Waals surface area contributed by atoms with E-state index in [0.29, 0.717) is 0 Å². The zero-order valence-electron chi connectivity index (χ0n) is 6.16. The summed E-state index contributed by atoms with van der Waals surface area (Å²) in [5, 5.41) is 33.3. The maximum absolute atomic E-state index is 8.33. The van der Waals surface area contributed by atoms with E-state index in [0.717, 1.165) is 0 Å². The summed E-state index contributed by atoms with van der Waals surface area (Å²) in [5.74, 6) is 0. The van der Waals surface area contributed by atoms with Gasteiger partial charge < -0.3 is 30.0 Å². The molecule has 0 fully saturated rings. The van der Waals surface area contributed by atoms with Crippen molar-refractivity contribution in [3.8, 4) is 0 Å². The number of hydrogen-bond acceptors (Lipinski definition) is 6. The summed E-state index contributed by atoms with van der Waals surface area (Å²) in [6.07, 6.45) is -4.67. The molecule has 6 nitrogen and oxygen atoms in total. The first kappa shape index (κ1) is 29.3. The van der Waals surface area contributed by atoms with Crippen molar-refractivity contribution in [2.24, 2.45) is 0 Å². The second kappa shape index (κ2) is 22.6. The van der Waals surface area contributed by atoms with Crippen LogP contribution in [0.1, 0.15) is 0 Å². The summed E-state index contributed by atoms with van der Waals surface area (Å²) in [4.78, 5) is 16.7. The van der Waals surface area contributed by atoms with Gasteiger partial charge in [-0.15, -0.1) is 0 Å². The van der Waals surface area contributed by atoms with Gasteiger partial charge in [-0.25, -0.2) is 0 Å². The largest absolute Gasteiger partial charge is 2.00 e. The van der Waals surface area contributed by atoms with Crippen LogP contribution >= 0.6 is 0 Å². The molecule has 0 aromatic rings. The van der Waals surface area contributed by atoms with E-state index < -0.39 is 12.3 Å². The average Bonchev–Trinajstić information content (AvgIpc) is 1.25. The van der Waals surface area contributed by atoms with Gasteiger partial charge in [-0.1, -0.05) is 0 Å². The summed E-state index contributed by atoms with van der Waals surface area (Å²) >= 11 is 0. The first-order valence-electron chi connectivity index (χ1n) is 1.22. The topological polar surface area (TPSA) is 126 Å². The fourth-order valence-corrected chi connectivity index (χ4v) is 0. The third-order valence-electron chi connectivity index (χ3n) is 0. The Morgan fingerprint density at radius 1 is 0.818 bits per heavy atom. The van der Waals surface area contributed by atoms with Crippen molar-refractivity contribution >= 4 is 61.2 Å². The fraction of sp³-hybridized carbons (Fsp3) is 0. The van der Waals surface area contributed by atoms with E-state index in [-0.39, 0.29) is 97.3 Å². The van der Waals surface area contributed by atoms with Crippen LogP contribution in [0.2, 0.25) is 0 Å². The van der Waals surface area contributed by atoms with Gasteiger partial charge in [-0.3, -0.25) is 0 Å². The van der Waals surface area contributed by atoms with Crippen molar-refractivity contribution in [2.75, 3.05) is 0 Å². The molecule has 48 valence electrons. The third-order valence-corrected chi connectivity index (χ3v) is 0. The van der Waals surface area contributed by atoms with Gasteiger partial charge >= 0.3 is 97.3 Å². The number of carbonyl (C=O) groups excluding carboxylic acids is 2. The van der Waals surface area contributed by atoms with E-state index in [1.165, 1.54) is 0 Å². The molecule has 0 radical (unpaired) electrons. The van der Waals surface area contributed by atoms with Gasteiger partial charge in [0, 0.05) is 0 Å². The molecule has 0 aliphatic carbocycles. The van der Waals surface area contributed by atoms with E-state index in [1.807, 2.05) is 0 Å². The Kier molecular flexibility index (Phi) is 60.2. The molecule has 0 aromatic heterocycles. The Bertz CT molecular complexity index is 78.6. The number of carbonyl (C=O) groups is 2. The van der Waals surface area contributed by atoms with Gasteiger partial charge in [0.25, 0.3) is 0 Å². The predicted molar refractivity (Wildman–Crippen MR) is 16.5 cm³/mol. The zero-order chi connectivity index (χ0) is 7.15. The van der Waals surface area contributed by atoms with Crippen molar-refractivity contribution in [1.82, 2.24) is 0 Å². The summed E-state index contributed by atoms with van der Waals surface area (Å²) in [7, 11) is 0. The predicted octanol–water partition coefficient (Wildman–Crippen LogP) is -11.3. The molecular weight excluding hydrogens is 287 g/mol. The Morgan fingerprint density at radius 3 is 0.818 bits per heavy atom. The zero-order valence-corrected chi connectivity index (χ0v) is 12.6. The van der Waals surface area contributed by atoms with Gasteiger partial charge in [0.15, 0.2) is 0 Å². The fourth-order valence-electron chi connectivity index (χ4n) is 0. The summed E-state index contributed by atoms with van der Waals surface area (Å²) < 4.78 is 0. The second-order valence-electron chi connectivity index (χ2n) is 0.500. The molecule has 0 saturated heterocycles.